The van der Waals surface area contributed by atoms with Gasteiger partial charge >= 0.3 is 22.1 Å². The zero-order chi connectivity index (χ0) is 27.8. The van der Waals surface area contributed by atoms with Crippen LogP contribution in [0.4, 0.5) is 10.1 Å². The number of rotatable bonds is 8. The second-order valence-corrected chi connectivity index (χ2v) is 10.9. The molecule has 0 bridgehead atoms. The molecule has 3 rings (SSSR count). The van der Waals surface area contributed by atoms with Crippen LogP contribution in [0.5, 0.6) is 5.75 Å². The van der Waals surface area contributed by atoms with Gasteiger partial charge in [-0.05, 0) is 72.8 Å². The molecule has 2 atom stereocenters. The molecule has 37 heavy (non-hydrogen) atoms. The van der Waals surface area contributed by atoms with Crippen molar-refractivity contribution in [1.29, 1.82) is 0 Å². The first-order chi connectivity index (χ1) is 17.3. The molecule has 9 nitrogen and oxygen atoms in total. The summed E-state index contributed by atoms with van der Waals surface area (Å²) in [6.07, 6.45) is 0. The molecule has 14 heteroatoms. The van der Waals surface area contributed by atoms with E-state index in [0.717, 1.165) is 0 Å². The molecule has 0 saturated carbocycles. The first kappa shape index (κ1) is 30.2. The fourth-order valence-corrected chi connectivity index (χ4v) is 4.07. The zero-order valence-electron chi connectivity index (χ0n) is 18.3. The molecule has 0 fully saturated rings. The molecule has 2 unspecified atom stereocenters. The molecular weight excluding hydrogens is 665 g/mol. The minimum absolute atomic E-state index is 0.0324. The van der Waals surface area contributed by atoms with Gasteiger partial charge in [0.2, 0.25) is 5.91 Å². The normalized spacial score (nSPS) is 12.3. The number of aromatic carboxylic acids is 1. The van der Waals surface area contributed by atoms with E-state index in [1.807, 2.05) is 0 Å². The van der Waals surface area contributed by atoms with Gasteiger partial charge in [-0.1, -0.05) is 43.5 Å². The number of carbonyl (C=O) groups excluding carboxylic acids is 1. The molecule has 0 spiro atoms. The summed E-state index contributed by atoms with van der Waals surface area (Å²) in [5, 5.41) is 20.3. The lowest BCUT2D eigenvalue weighted by atomic mass is 10.2. The number of anilines is 1. The van der Waals surface area contributed by atoms with E-state index in [4.69, 9.17) is 26.0 Å². The molecule has 0 aliphatic rings. The number of carbonyl (C=O) groups is 3. The van der Waals surface area contributed by atoms with Crippen LogP contribution in [-0.4, -0.2) is 46.1 Å². The van der Waals surface area contributed by atoms with E-state index in [1.54, 1.807) is 0 Å². The number of carboxylic acid groups (broad SMARTS) is 2. The van der Waals surface area contributed by atoms with Crippen molar-refractivity contribution in [3.8, 4) is 5.75 Å². The number of halogens is 4. The molecule has 3 aromatic carbocycles. The highest BCUT2D eigenvalue weighted by Crippen LogP contribution is 2.21. The molecular formula is C23H17Br2ClFNO8S. The summed E-state index contributed by atoms with van der Waals surface area (Å²) < 4.78 is 41.4. The van der Waals surface area contributed by atoms with Crippen LogP contribution < -0.4 is 9.50 Å². The summed E-state index contributed by atoms with van der Waals surface area (Å²) in [5.74, 6) is -3.16. The maximum absolute atomic E-state index is 12.6. The molecule has 0 aromatic heterocycles. The predicted octanol–water partition coefficient (Wildman–Crippen LogP) is 5.18. The minimum atomic E-state index is -3.97. The second-order valence-electron chi connectivity index (χ2n) is 6.96. The monoisotopic (exact) mass is 679 g/mol. The van der Waals surface area contributed by atoms with Gasteiger partial charge in [0.25, 0.3) is 0 Å². The Balaban J connectivity index is 0.000000264. The summed E-state index contributed by atoms with van der Waals surface area (Å²) >= 11 is 11.5. The van der Waals surface area contributed by atoms with Gasteiger partial charge in [0.15, 0.2) is 0 Å². The number of carboxylic acids is 2. The summed E-state index contributed by atoms with van der Waals surface area (Å²) in [4.78, 5) is 30.9. The average molecular weight is 682 g/mol. The van der Waals surface area contributed by atoms with Gasteiger partial charge in [0.05, 0.1) is 5.56 Å². The van der Waals surface area contributed by atoms with Gasteiger partial charge in [-0.15, -0.1) is 0 Å². The molecule has 3 aromatic rings. The van der Waals surface area contributed by atoms with Crippen LogP contribution >= 0.6 is 43.5 Å². The second kappa shape index (κ2) is 13.5. The average Bonchev–Trinajstić information content (AvgIpc) is 2.85. The Morgan fingerprint density at radius 2 is 1.41 bits per heavy atom. The smallest absolute Gasteiger partial charge is 0.339 e. The third kappa shape index (κ3) is 9.43. The van der Waals surface area contributed by atoms with Crippen molar-refractivity contribution >= 4 is 77.1 Å². The van der Waals surface area contributed by atoms with E-state index < -0.39 is 43.4 Å². The largest absolute Gasteiger partial charge is 0.480 e. The Kier molecular flexibility index (Phi) is 11.0. The Morgan fingerprint density at radius 3 is 1.89 bits per heavy atom. The highest BCUT2D eigenvalue weighted by atomic mass is 79.9. The van der Waals surface area contributed by atoms with Crippen LogP contribution in [0.25, 0.3) is 0 Å². The molecule has 0 aliphatic heterocycles. The van der Waals surface area contributed by atoms with Crippen LogP contribution in [0.3, 0.4) is 0 Å². The van der Waals surface area contributed by atoms with Crippen LogP contribution in [0, 0.1) is 5.82 Å². The molecule has 3 N–H and O–H groups in total. The molecule has 0 heterocycles. The maximum Gasteiger partial charge on any atom is 0.339 e. The van der Waals surface area contributed by atoms with Crippen molar-refractivity contribution in [3.05, 3.63) is 89.2 Å². The van der Waals surface area contributed by atoms with Crippen LogP contribution in [0.2, 0.25) is 5.02 Å². The maximum atomic E-state index is 12.6. The van der Waals surface area contributed by atoms with Gasteiger partial charge in [-0.2, -0.15) is 8.42 Å². The first-order valence-corrected chi connectivity index (χ1v) is 13.5. The van der Waals surface area contributed by atoms with E-state index in [0.29, 0.717) is 10.7 Å². The lowest BCUT2D eigenvalue weighted by molar-refractivity contribution is -0.137. The topological polar surface area (TPSA) is 147 Å². The van der Waals surface area contributed by atoms with Crippen LogP contribution in [0.1, 0.15) is 10.4 Å². The number of amides is 1. The lowest BCUT2D eigenvalue weighted by Gasteiger charge is -2.13. The number of hydrogen-bond acceptors (Lipinski definition) is 6. The molecule has 0 radical (unpaired) electrons. The van der Waals surface area contributed by atoms with Crippen LogP contribution in [0.15, 0.2) is 77.7 Å². The zero-order valence-corrected chi connectivity index (χ0v) is 23.1. The fraction of sp³-hybridized carbons (Fsp3) is 0.0870. The van der Waals surface area contributed by atoms with Crippen molar-refractivity contribution in [1.82, 2.24) is 0 Å². The Morgan fingerprint density at radius 1 is 0.865 bits per heavy atom. The van der Waals surface area contributed by atoms with Crippen molar-refractivity contribution < 1.29 is 41.6 Å². The van der Waals surface area contributed by atoms with E-state index in [2.05, 4.69) is 37.2 Å². The third-order valence-electron chi connectivity index (χ3n) is 4.26. The third-order valence-corrected chi connectivity index (χ3v) is 8.35. The van der Waals surface area contributed by atoms with Gasteiger partial charge in [0.1, 0.15) is 26.1 Å². The van der Waals surface area contributed by atoms with Crippen LogP contribution in [-0.2, 0) is 19.7 Å². The Labute approximate surface area is 232 Å². The molecule has 1 amide bonds. The minimum Gasteiger partial charge on any atom is -0.480 e. The summed E-state index contributed by atoms with van der Waals surface area (Å²) in [6.45, 7) is 0. The Bertz CT molecular complexity index is 1360. The van der Waals surface area contributed by atoms with Gasteiger partial charge in [0, 0.05) is 10.7 Å². The highest BCUT2D eigenvalue weighted by Gasteiger charge is 2.29. The van der Waals surface area contributed by atoms with Crippen molar-refractivity contribution in [2.24, 2.45) is 0 Å². The SMILES string of the molecule is O=C(O)C(Br)C(Br)C(=O)Nc1ccc(F)cc1.O=C(O)c1ccc(OS(=O)(=O)c2ccc(Cl)cc2)cc1. The fourth-order valence-electron chi connectivity index (χ4n) is 2.43. The first-order valence-electron chi connectivity index (χ1n) is 9.91. The number of alkyl halides is 2. The molecule has 0 aliphatic carbocycles. The summed E-state index contributed by atoms with van der Waals surface area (Å²) in [6, 6.07) is 15.7. The van der Waals surface area contributed by atoms with Crippen molar-refractivity contribution in [2.75, 3.05) is 5.32 Å². The van der Waals surface area contributed by atoms with Gasteiger partial charge in [-0.25, -0.2) is 9.18 Å². The van der Waals surface area contributed by atoms with E-state index in [9.17, 15) is 27.2 Å². The summed E-state index contributed by atoms with van der Waals surface area (Å²) in [7, 11) is -3.97. The standard InChI is InChI=1S/C13H9ClO5S.C10H8Br2FNO3/c14-10-3-7-12(8-4-10)20(17,18)19-11-5-1-9(2-6-11)13(15)16;11-7(8(12)10(16)17)9(15)14-6-3-1-5(13)2-4-6/h1-8H,(H,15,16);1-4,7-8H,(H,14,15)(H,16,17). The van der Waals surface area contributed by atoms with Gasteiger partial charge in [-0.3, -0.25) is 9.59 Å². The number of benzene rings is 3. The van der Waals surface area contributed by atoms with E-state index in [-0.39, 0.29) is 16.2 Å². The highest BCUT2D eigenvalue weighted by molar-refractivity contribution is 9.12. The molecule has 0 saturated heterocycles. The summed E-state index contributed by atoms with van der Waals surface area (Å²) in [5.41, 5.74) is 0.437. The number of hydrogen-bond donors (Lipinski definition) is 3. The van der Waals surface area contributed by atoms with Gasteiger partial charge < -0.3 is 19.7 Å². The van der Waals surface area contributed by atoms with Crippen molar-refractivity contribution in [2.45, 2.75) is 14.5 Å². The number of aliphatic carboxylic acids is 1. The van der Waals surface area contributed by atoms with E-state index in [1.165, 1.54) is 72.8 Å². The van der Waals surface area contributed by atoms with Crippen molar-refractivity contribution in [3.63, 3.8) is 0 Å². The predicted molar refractivity (Wildman–Crippen MR) is 141 cm³/mol. The van der Waals surface area contributed by atoms with E-state index >= 15 is 0 Å². The lowest BCUT2D eigenvalue weighted by Crippen LogP contribution is -2.34. The quantitative estimate of drug-likeness (QED) is 0.218. The molecule has 196 valence electrons. The Hall–Kier alpha value is -3.00. The number of nitrogens with one attached hydrogen (secondary N) is 1.